The van der Waals surface area contributed by atoms with E-state index in [1.54, 1.807) is 11.0 Å². The number of amides is 1. The summed E-state index contributed by atoms with van der Waals surface area (Å²) in [4.78, 5) is 27.8. The molecule has 1 aliphatic rings. The van der Waals surface area contributed by atoms with E-state index in [-0.39, 0.29) is 11.7 Å². The molecule has 0 aromatic carbocycles. The number of Topliss-reactive ketones (excluding diaryl/α,β-unsaturated/α-hetero) is 1. The Hall–Kier alpha value is -1.84. The van der Waals surface area contributed by atoms with Crippen LogP contribution in [-0.4, -0.2) is 48.2 Å². The molecule has 0 aromatic rings. The molecule has 1 aliphatic heterocycles. The summed E-state index contributed by atoms with van der Waals surface area (Å²) in [6.07, 6.45) is 5.56. The summed E-state index contributed by atoms with van der Waals surface area (Å²) in [5.41, 5.74) is 2.36. The number of allylic oxidation sites excluding steroid dienone is 3. The predicted octanol–water partition coefficient (Wildman–Crippen LogP) is 2.15. The Kier molecular flexibility index (Phi) is 5.74. The van der Waals surface area contributed by atoms with E-state index in [0.29, 0.717) is 30.9 Å². The first-order valence-corrected chi connectivity index (χ1v) is 6.95. The number of likely N-dealkylation sites (N-methyl/N-ethyl adjacent to an activating group) is 2. The zero-order chi connectivity index (χ0) is 15.3. The van der Waals surface area contributed by atoms with E-state index >= 15 is 0 Å². The van der Waals surface area contributed by atoms with Crippen LogP contribution >= 0.6 is 0 Å². The van der Waals surface area contributed by atoms with Gasteiger partial charge in [0.05, 0.1) is 0 Å². The number of nitrogens with zero attached hydrogens (tertiary/aromatic N) is 2. The van der Waals surface area contributed by atoms with E-state index in [2.05, 4.69) is 0 Å². The highest BCUT2D eigenvalue weighted by atomic mass is 16.2. The van der Waals surface area contributed by atoms with Crippen molar-refractivity contribution in [3.8, 4) is 0 Å². The Morgan fingerprint density at radius 2 is 2.05 bits per heavy atom. The summed E-state index contributed by atoms with van der Waals surface area (Å²) in [5.74, 6) is -0.0286. The lowest BCUT2D eigenvalue weighted by atomic mass is 10.1. The molecule has 110 valence electrons. The number of ketones is 1. The van der Waals surface area contributed by atoms with Crippen LogP contribution in [0.5, 0.6) is 0 Å². The van der Waals surface area contributed by atoms with Gasteiger partial charge in [0.25, 0.3) is 5.91 Å². The Labute approximate surface area is 121 Å². The fourth-order valence-electron chi connectivity index (χ4n) is 2.00. The smallest absolute Gasteiger partial charge is 0.270 e. The molecule has 20 heavy (non-hydrogen) atoms. The minimum Gasteiger partial charge on any atom is -0.366 e. The first-order chi connectivity index (χ1) is 9.40. The minimum atomic E-state index is -0.0250. The van der Waals surface area contributed by atoms with Crippen LogP contribution in [0.15, 0.2) is 35.1 Å². The van der Waals surface area contributed by atoms with Crippen LogP contribution in [0.4, 0.5) is 0 Å². The second kappa shape index (κ2) is 7.08. The third kappa shape index (κ3) is 3.83. The molecule has 0 N–H and O–H groups in total. The van der Waals surface area contributed by atoms with Gasteiger partial charge in [-0.2, -0.15) is 0 Å². The largest absolute Gasteiger partial charge is 0.366 e. The highest BCUT2D eigenvalue weighted by Crippen LogP contribution is 2.17. The van der Waals surface area contributed by atoms with Crippen molar-refractivity contribution >= 4 is 11.7 Å². The maximum absolute atomic E-state index is 12.6. The summed E-state index contributed by atoms with van der Waals surface area (Å²) in [5, 5.41) is 0. The Bertz CT molecular complexity index is 487. The lowest BCUT2D eigenvalue weighted by molar-refractivity contribution is -0.128. The standard InChI is InChI=1S/C16H24N2O2/c1-6-12(3)11-18(7-2)16(20)15-10-14(13(4)19)8-9-17(15)5/h6,8,10H,7,9,11H2,1-5H3. The summed E-state index contributed by atoms with van der Waals surface area (Å²) in [6, 6.07) is 0. The number of hydrogen-bond acceptors (Lipinski definition) is 3. The van der Waals surface area contributed by atoms with Crippen molar-refractivity contribution in [2.75, 3.05) is 26.7 Å². The number of rotatable bonds is 5. The van der Waals surface area contributed by atoms with Crippen LogP contribution in [-0.2, 0) is 9.59 Å². The molecule has 0 saturated carbocycles. The summed E-state index contributed by atoms with van der Waals surface area (Å²) in [6.45, 7) is 9.33. The van der Waals surface area contributed by atoms with Crippen molar-refractivity contribution in [2.24, 2.45) is 0 Å². The lowest BCUT2D eigenvalue weighted by Gasteiger charge is -2.29. The molecular formula is C16H24N2O2. The average Bonchev–Trinajstić information content (AvgIpc) is 2.43. The molecule has 1 heterocycles. The van der Waals surface area contributed by atoms with E-state index in [1.807, 2.05) is 44.9 Å². The second-order valence-electron chi connectivity index (χ2n) is 5.08. The Morgan fingerprint density at radius 3 is 2.55 bits per heavy atom. The highest BCUT2D eigenvalue weighted by Gasteiger charge is 2.23. The fourth-order valence-corrected chi connectivity index (χ4v) is 2.00. The maximum atomic E-state index is 12.6. The van der Waals surface area contributed by atoms with Crippen molar-refractivity contribution in [3.05, 3.63) is 35.1 Å². The molecule has 0 saturated heterocycles. The number of carbonyl (C=O) groups is 2. The third-order valence-corrected chi connectivity index (χ3v) is 3.52. The van der Waals surface area contributed by atoms with Gasteiger partial charge in [-0.25, -0.2) is 0 Å². The van der Waals surface area contributed by atoms with Gasteiger partial charge in [0.2, 0.25) is 0 Å². The van der Waals surface area contributed by atoms with Crippen molar-refractivity contribution in [1.29, 1.82) is 0 Å². The summed E-state index contributed by atoms with van der Waals surface area (Å²) < 4.78 is 0. The van der Waals surface area contributed by atoms with E-state index in [9.17, 15) is 9.59 Å². The molecule has 0 bridgehead atoms. The quantitative estimate of drug-likeness (QED) is 0.722. The fraction of sp³-hybridized carbons (Fsp3) is 0.500. The van der Waals surface area contributed by atoms with E-state index in [1.165, 1.54) is 6.92 Å². The predicted molar refractivity (Wildman–Crippen MR) is 81.2 cm³/mol. The Morgan fingerprint density at radius 1 is 1.40 bits per heavy atom. The molecule has 0 aromatic heterocycles. The molecule has 0 fully saturated rings. The van der Waals surface area contributed by atoms with Crippen molar-refractivity contribution in [2.45, 2.75) is 27.7 Å². The van der Waals surface area contributed by atoms with E-state index < -0.39 is 0 Å². The Balaban J connectivity index is 2.98. The molecule has 4 heteroatoms. The van der Waals surface area contributed by atoms with Gasteiger partial charge in [-0.05, 0) is 33.8 Å². The average molecular weight is 276 g/mol. The van der Waals surface area contributed by atoms with Crippen LogP contribution < -0.4 is 0 Å². The van der Waals surface area contributed by atoms with Crippen LogP contribution in [0.25, 0.3) is 0 Å². The van der Waals surface area contributed by atoms with Gasteiger partial charge in [-0.3, -0.25) is 9.59 Å². The SMILES string of the molecule is CC=C(C)CN(CC)C(=O)C1=CC(C(C)=O)=CCN1C. The van der Waals surface area contributed by atoms with E-state index in [4.69, 9.17) is 0 Å². The van der Waals surface area contributed by atoms with Crippen LogP contribution in [0.2, 0.25) is 0 Å². The first-order valence-electron chi connectivity index (χ1n) is 6.95. The zero-order valence-electron chi connectivity index (χ0n) is 13.1. The number of carbonyl (C=O) groups excluding carboxylic acids is 2. The van der Waals surface area contributed by atoms with E-state index in [0.717, 1.165) is 5.57 Å². The van der Waals surface area contributed by atoms with Crippen molar-refractivity contribution in [1.82, 2.24) is 9.80 Å². The topological polar surface area (TPSA) is 40.6 Å². The highest BCUT2D eigenvalue weighted by molar-refractivity contribution is 6.01. The molecule has 0 unspecified atom stereocenters. The normalized spacial score (nSPS) is 15.7. The van der Waals surface area contributed by atoms with Crippen LogP contribution in [0.3, 0.4) is 0 Å². The molecular weight excluding hydrogens is 252 g/mol. The molecule has 1 amide bonds. The third-order valence-electron chi connectivity index (χ3n) is 3.52. The van der Waals surface area contributed by atoms with Crippen LogP contribution in [0.1, 0.15) is 27.7 Å². The van der Waals surface area contributed by atoms with Crippen molar-refractivity contribution in [3.63, 3.8) is 0 Å². The molecule has 0 aliphatic carbocycles. The van der Waals surface area contributed by atoms with Gasteiger partial charge in [0.1, 0.15) is 5.70 Å². The van der Waals surface area contributed by atoms with Crippen molar-refractivity contribution < 1.29 is 9.59 Å². The second-order valence-corrected chi connectivity index (χ2v) is 5.08. The molecule has 0 atom stereocenters. The molecule has 1 rings (SSSR count). The lowest BCUT2D eigenvalue weighted by Crippen LogP contribution is -2.39. The van der Waals surface area contributed by atoms with Crippen LogP contribution in [0, 0.1) is 0 Å². The molecule has 0 radical (unpaired) electrons. The maximum Gasteiger partial charge on any atom is 0.270 e. The molecule has 0 spiro atoms. The van der Waals surface area contributed by atoms with Gasteiger partial charge in [0, 0.05) is 32.3 Å². The molecule has 4 nitrogen and oxygen atoms in total. The monoisotopic (exact) mass is 276 g/mol. The first kappa shape index (κ1) is 16.2. The van der Waals surface area contributed by atoms with Gasteiger partial charge in [-0.1, -0.05) is 17.7 Å². The van der Waals surface area contributed by atoms with Gasteiger partial charge >= 0.3 is 0 Å². The van der Waals surface area contributed by atoms with Gasteiger partial charge < -0.3 is 9.80 Å². The zero-order valence-corrected chi connectivity index (χ0v) is 13.1. The number of hydrogen-bond donors (Lipinski definition) is 0. The van der Waals surface area contributed by atoms with Gasteiger partial charge in [0.15, 0.2) is 5.78 Å². The van der Waals surface area contributed by atoms with Gasteiger partial charge in [-0.15, -0.1) is 0 Å². The minimum absolute atomic E-state index is 0.00363. The summed E-state index contributed by atoms with van der Waals surface area (Å²) in [7, 11) is 1.87. The summed E-state index contributed by atoms with van der Waals surface area (Å²) >= 11 is 0.